The highest BCUT2D eigenvalue weighted by Gasteiger charge is 2.27. The number of benzene rings is 1. The van der Waals surface area contributed by atoms with Crippen LogP contribution >= 0.6 is 0 Å². The highest BCUT2D eigenvalue weighted by molar-refractivity contribution is 5.94. The van der Waals surface area contributed by atoms with E-state index >= 15 is 0 Å². The first kappa shape index (κ1) is 20.6. The van der Waals surface area contributed by atoms with E-state index in [1.165, 1.54) is 0 Å². The second-order valence-electron chi connectivity index (χ2n) is 7.28. The van der Waals surface area contributed by atoms with Crippen LogP contribution in [-0.4, -0.2) is 64.2 Å². The Bertz CT molecular complexity index is 1050. The third kappa shape index (κ3) is 4.45. The van der Waals surface area contributed by atoms with Crippen molar-refractivity contribution in [1.82, 2.24) is 24.9 Å². The molecule has 31 heavy (non-hydrogen) atoms. The average molecular weight is 423 g/mol. The molecule has 9 nitrogen and oxygen atoms in total. The predicted molar refractivity (Wildman–Crippen MR) is 113 cm³/mol. The van der Waals surface area contributed by atoms with E-state index in [9.17, 15) is 4.79 Å². The van der Waals surface area contributed by atoms with Crippen LogP contribution in [0.1, 0.15) is 23.3 Å². The maximum atomic E-state index is 13.2. The Labute approximate surface area is 180 Å². The Morgan fingerprint density at radius 3 is 2.58 bits per heavy atom. The van der Waals surface area contributed by atoms with Crippen molar-refractivity contribution in [1.29, 1.82) is 0 Å². The lowest BCUT2D eigenvalue weighted by Crippen LogP contribution is -2.42. The molecule has 0 N–H and O–H groups in total. The molecule has 0 radical (unpaired) electrons. The summed E-state index contributed by atoms with van der Waals surface area (Å²) < 4.78 is 18.3. The lowest BCUT2D eigenvalue weighted by atomic mass is 10.1. The van der Waals surface area contributed by atoms with Crippen molar-refractivity contribution in [3.05, 3.63) is 48.3 Å². The van der Waals surface area contributed by atoms with Crippen LogP contribution in [0.4, 0.5) is 0 Å². The van der Waals surface area contributed by atoms with Gasteiger partial charge in [0.25, 0.3) is 5.91 Å². The third-order valence-electron chi connectivity index (χ3n) is 5.35. The van der Waals surface area contributed by atoms with E-state index in [-0.39, 0.29) is 12.0 Å². The largest absolute Gasteiger partial charge is 0.497 e. The summed E-state index contributed by atoms with van der Waals surface area (Å²) in [7, 11) is 4.98. The van der Waals surface area contributed by atoms with Crippen LogP contribution in [-0.2, 0) is 7.05 Å². The number of methoxy groups -OCH3 is 2. The predicted octanol–water partition coefficient (Wildman–Crippen LogP) is 2.58. The summed E-state index contributed by atoms with van der Waals surface area (Å²) in [5, 5.41) is 12.3. The van der Waals surface area contributed by atoms with E-state index in [1.807, 2.05) is 23.1 Å². The van der Waals surface area contributed by atoms with E-state index in [0.717, 1.165) is 18.4 Å². The molecular weight excluding hydrogens is 398 g/mol. The normalized spacial score (nSPS) is 14.4. The van der Waals surface area contributed by atoms with Crippen LogP contribution in [0.15, 0.2) is 42.6 Å². The number of likely N-dealkylation sites (tertiary alicyclic amines) is 1. The fourth-order valence-corrected chi connectivity index (χ4v) is 3.67. The number of carbonyl (C=O) groups excluding carboxylic acids is 1. The second kappa shape index (κ2) is 9.03. The van der Waals surface area contributed by atoms with Crippen molar-refractivity contribution in [3.63, 3.8) is 0 Å². The van der Waals surface area contributed by atoms with Crippen LogP contribution in [0, 0.1) is 0 Å². The Balaban J connectivity index is 1.46. The van der Waals surface area contributed by atoms with Gasteiger partial charge in [0.1, 0.15) is 23.3 Å². The van der Waals surface area contributed by atoms with Crippen LogP contribution < -0.4 is 14.2 Å². The second-order valence-corrected chi connectivity index (χ2v) is 7.28. The first-order valence-corrected chi connectivity index (χ1v) is 10.1. The number of aromatic nitrogens is 4. The molecule has 2 aromatic heterocycles. The summed E-state index contributed by atoms with van der Waals surface area (Å²) in [6, 6.07) is 10.9. The molecule has 0 unspecified atom stereocenters. The zero-order valence-electron chi connectivity index (χ0n) is 17.8. The molecule has 1 aliphatic heterocycles. The van der Waals surface area contributed by atoms with Crippen molar-refractivity contribution in [2.24, 2.45) is 7.05 Å². The number of aryl methyl sites for hydroxylation is 1. The van der Waals surface area contributed by atoms with Gasteiger partial charge < -0.3 is 19.1 Å². The molecule has 9 heteroatoms. The van der Waals surface area contributed by atoms with E-state index in [1.54, 1.807) is 50.3 Å². The Morgan fingerprint density at radius 1 is 1.10 bits per heavy atom. The van der Waals surface area contributed by atoms with Gasteiger partial charge in [0.2, 0.25) is 5.88 Å². The van der Waals surface area contributed by atoms with Gasteiger partial charge in [-0.1, -0.05) is 0 Å². The fraction of sp³-hybridized carbons (Fsp3) is 0.364. The standard InChI is InChI=1S/C22H25N5O4/c1-26-19(14-18(25-26)17-13-16(29-2)6-7-20(17)30-3)22(28)27-11-8-15(9-12-27)31-21-5-4-10-23-24-21/h4-7,10,13-15H,8-9,11-12H2,1-3H3. The zero-order chi connectivity index (χ0) is 21.8. The van der Waals surface area contributed by atoms with E-state index in [2.05, 4.69) is 15.3 Å². The molecule has 3 aromatic rings. The molecule has 3 heterocycles. The van der Waals surface area contributed by atoms with Gasteiger partial charge in [-0.05, 0) is 30.3 Å². The number of carbonyl (C=O) groups is 1. The number of hydrogen-bond donors (Lipinski definition) is 0. The fourth-order valence-electron chi connectivity index (χ4n) is 3.67. The van der Waals surface area contributed by atoms with Crippen molar-refractivity contribution >= 4 is 5.91 Å². The molecule has 162 valence electrons. The van der Waals surface area contributed by atoms with Gasteiger partial charge in [0.05, 0.1) is 19.9 Å². The minimum absolute atomic E-state index is 0.0175. The monoisotopic (exact) mass is 423 g/mol. The summed E-state index contributed by atoms with van der Waals surface area (Å²) in [6.07, 6.45) is 3.09. The van der Waals surface area contributed by atoms with Gasteiger partial charge in [-0.3, -0.25) is 9.48 Å². The van der Waals surface area contributed by atoms with Crippen molar-refractivity contribution in [2.45, 2.75) is 18.9 Å². The van der Waals surface area contributed by atoms with Crippen molar-refractivity contribution in [3.8, 4) is 28.6 Å². The number of hydrogen-bond acceptors (Lipinski definition) is 7. The molecule has 1 aromatic carbocycles. The highest BCUT2D eigenvalue weighted by Crippen LogP contribution is 2.33. The van der Waals surface area contributed by atoms with Crippen molar-refractivity contribution < 1.29 is 19.0 Å². The number of amides is 1. The quantitative estimate of drug-likeness (QED) is 0.602. The number of nitrogens with zero attached hydrogens (tertiary/aromatic N) is 5. The Hall–Kier alpha value is -3.62. The van der Waals surface area contributed by atoms with E-state index < -0.39 is 0 Å². The van der Waals surface area contributed by atoms with Gasteiger partial charge >= 0.3 is 0 Å². The smallest absolute Gasteiger partial charge is 0.272 e. The SMILES string of the molecule is COc1ccc(OC)c(-c2cc(C(=O)N3CCC(Oc4cccnn4)CC3)n(C)n2)c1. The van der Waals surface area contributed by atoms with Crippen molar-refractivity contribution in [2.75, 3.05) is 27.3 Å². The molecule has 0 saturated carbocycles. The summed E-state index contributed by atoms with van der Waals surface area (Å²) in [6.45, 7) is 1.21. The van der Waals surface area contributed by atoms with Crippen LogP contribution in [0.25, 0.3) is 11.3 Å². The molecule has 1 amide bonds. The maximum Gasteiger partial charge on any atom is 0.272 e. The van der Waals surface area contributed by atoms with Crippen LogP contribution in [0.3, 0.4) is 0 Å². The molecule has 0 aliphatic carbocycles. The summed E-state index contributed by atoms with van der Waals surface area (Å²) in [4.78, 5) is 15.0. The minimum Gasteiger partial charge on any atom is -0.497 e. The molecular formula is C22H25N5O4. The molecule has 4 rings (SSSR count). The lowest BCUT2D eigenvalue weighted by Gasteiger charge is -2.31. The highest BCUT2D eigenvalue weighted by atomic mass is 16.5. The molecule has 0 atom stereocenters. The van der Waals surface area contributed by atoms with Gasteiger partial charge in [-0.15, -0.1) is 5.10 Å². The molecule has 1 saturated heterocycles. The molecule has 0 bridgehead atoms. The maximum absolute atomic E-state index is 13.2. The summed E-state index contributed by atoms with van der Waals surface area (Å²) in [5.74, 6) is 1.82. The number of rotatable bonds is 6. The van der Waals surface area contributed by atoms with Gasteiger partial charge in [-0.2, -0.15) is 10.2 Å². The topological polar surface area (TPSA) is 91.6 Å². The Kier molecular flexibility index (Phi) is 6.01. The average Bonchev–Trinajstić information content (AvgIpc) is 3.20. The molecule has 1 aliphatic rings. The molecule has 1 fully saturated rings. The van der Waals surface area contributed by atoms with Gasteiger partial charge in [0, 0.05) is 50.8 Å². The Morgan fingerprint density at radius 2 is 1.90 bits per heavy atom. The van der Waals surface area contributed by atoms with Gasteiger partial charge in [0.15, 0.2) is 0 Å². The zero-order valence-corrected chi connectivity index (χ0v) is 17.8. The third-order valence-corrected chi connectivity index (χ3v) is 5.35. The first-order valence-electron chi connectivity index (χ1n) is 10.1. The van der Waals surface area contributed by atoms with E-state index in [4.69, 9.17) is 14.2 Å². The lowest BCUT2D eigenvalue weighted by molar-refractivity contribution is 0.0576. The summed E-state index contributed by atoms with van der Waals surface area (Å²) in [5.41, 5.74) is 1.95. The van der Waals surface area contributed by atoms with Gasteiger partial charge in [-0.25, -0.2) is 0 Å². The summed E-state index contributed by atoms with van der Waals surface area (Å²) >= 11 is 0. The number of ether oxygens (including phenoxy) is 3. The first-order chi connectivity index (χ1) is 15.1. The van der Waals surface area contributed by atoms with Crippen LogP contribution in [0.2, 0.25) is 0 Å². The minimum atomic E-state index is -0.0546. The van der Waals surface area contributed by atoms with E-state index in [0.29, 0.717) is 41.9 Å². The number of piperidine rings is 1. The molecule has 0 spiro atoms. The van der Waals surface area contributed by atoms with Crippen LogP contribution in [0.5, 0.6) is 17.4 Å².